The molecule has 0 bridgehead atoms. The van der Waals surface area contributed by atoms with E-state index in [2.05, 4.69) is 27.7 Å². The number of nitrogens with one attached hydrogen (secondary N) is 2. The molecule has 3 aliphatic rings. The Morgan fingerprint density at radius 3 is 2.53 bits per heavy atom. The first-order chi connectivity index (χ1) is 14.3. The van der Waals surface area contributed by atoms with Crippen molar-refractivity contribution in [2.45, 2.75) is 51.6 Å². The Balaban J connectivity index is 1.24. The van der Waals surface area contributed by atoms with Gasteiger partial charge in [-0.25, -0.2) is 4.79 Å². The van der Waals surface area contributed by atoms with Crippen LogP contribution in [0.2, 0.25) is 0 Å². The molecule has 1 aromatic rings. The summed E-state index contributed by atoms with van der Waals surface area (Å²) in [6.45, 7) is 7.97. The lowest BCUT2D eigenvalue weighted by molar-refractivity contribution is -0.140. The zero-order valence-electron chi connectivity index (χ0n) is 17.6. The largest absolute Gasteiger partial charge is 0.361 e. The molecule has 1 aliphatic carbocycles. The SMILES string of the molecule is Cc1cc(CN2CCN(CC(=O)NN3C(=O)NC4(CCC(C)CC4)C3=O)CC2)no1. The normalized spacial score (nSPS) is 28.2. The first-order valence-corrected chi connectivity index (χ1v) is 10.7. The number of hydrazine groups is 1. The van der Waals surface area contributed by atoms with Crippen molar-refractivity contribution in [2.75, 3.05) is 32.7 Å². The smallest absolute Gasteiger partial charge is 0.344 e. The summed E-state index contributed by atoms with van der Waals surface area (Å²) >= 11 is 0. The minimum absolute atomic E-state index is 0.151. The van der Waals surface area contributed by atoms with Crippen LogP contribution in [0.4, 0.5) is 4.79 Å². The summed E-state index contributed by atoms with van der Waals surface area (Å²) in [5, 5.41) is 7.71. The highest BCUT2D eigenvalue weighted by Gasteiger charge is 2.52. The number of hydrogen-bond donors (Lipinski definition) is 2. The molecule has 0 radical (unpaired) electrons. The molecule has 0 unspecified atom stereocenters. The zero-order chi connectivity index (χ0) is 21.3. The molecule has 0 atom stereocenters. The minimum Gasteiger partial charge on any atom is -0.361 e. The van der Waals surface area contributed by atoms with Gasteiger partial charge in [-0.15, -0.1) is 0 Å². The Hall–Kier alpha value is -2.46. The third-order valence-corrected chi connectivity index (χ3v) is 6.42. The van der Waals surface area contributed by atoms with E-state index in [-0.39, 0.29) is 18.4 Å². The Morgan fingerprint density at radius 2 is 1.90 bits per heavy atom. The summed E-state index contributed by atoms with van der Waals surface area (Å²) in [5.74, 6) is 0.669. The molecule has 2 saturated heterocycles. The maximum atomic E-state index is 12.8. The Labute approximate surface area is 175 Å². The fourth-order valence-electron chi connectivity index (χ4n) is 4.51. The van der Waals surface area contributed by atoms with Crippen molar-refractivity contribution in [3.63, 3.8) is 0 Å². The van der Waals surface area contributed by atoms with E-state index in [4.69, 9.17) is 4.52 Å². The molecule has 1 spiro atoms. The number of piperazine rings is 1. The van der Waals surface area contributed by atoms with E-state index in [1.54, 1.807) is 0 Å². The van der Waals surface area contributed by atoms with Crippen molar-refractivity contribution in [1.82, 2.24) is 30.7 Å². The van der Waals surface area contributed by atoms with Gasteiger partial charge in [0.05, 0.1) is 12.2 Å². The number of hydrogen-bond acceptors (Lipinski definition) is 7. The van der Waals surface area contributed by atoms with Crippen LogP contribution in [-0.2, 0) is 16.1 Å². The second kappa shape index (κ2) is 8.35. The van der Waals surface area contributed by atoms with Gasteiger partial charge in [-0.1, -0.05) is 12.1 Å². The average molecular weight is 418 g/mol. The van der Waals surface area contributed by atoms with Crippen LogP contribution in [0.3, 0.4) is 0 Å². The van der Waals surface area contributed by atoms with E-state index in [1.807, 2.05) is 17.9 Å². The second-order valence-electron chi connectivity index (χ2n) is 8.85. The molecule has 10 heteroatoms. The minimum atomic E-state index is -0.845. The second-order valence-corrected chi connectivity index (χ2v) is 8.85. The summed E-state index contributed by atoms with van der Waals surface area (Å²) in [6.07, 6.45) is 3.04. The fraction of sp³-hybridized carbons (Fsp3) is 0.700. The van der Waals surface area contributed by atoms with Gasteiger partial charge in [-0.2, -0.15) is 5.01 Å². The van der Waals surface area contributed by atoms with Gasteiger partial charge in [-0.3, -0.25) is 24.8 Å². The lowest BCUT2D eigenvalue weighted by Crippen LogP contribution is -2.54. The van der Waals surface area contributed by atoms with Crippen LogP contribution in [0, 0.1) is 12.8 Å². The third-order valence-electron chi connectivity index (χ3n) is 6.42. The molecule has 2 aliphatic heterocycles. The number of urea groups is 1. The Bertz CT molecular complexity index is 808. The van der Waals surface area contributed by atoms with E-state index in [0.717, 1.165) is 62.0 Å². The number of aryl methyl sites for hydroxylation is 1. The molecule has 164 valence electrons. The molecule has 1 saturated carbocycles. The fourth-order valence-corrected chi connectivity index (χ4v) is 4.51. The third kappa shape index (κ3) is 4.34. The highest BCUT2D eigenvalue weighted by Crippen LogP contribution is 2.35. The highest BCUT2D eigenvalue weighted by molar-refractivity contribution is 6.08. The Kier molecular flexibility index (Phi) is 5.79. The van der Waals surface area contributed by atoms with Gasteiger partial charge in [0.25, 0.3) is 11.8 Å². The van der Waals surface area contributed by atoms with Crippen LogP contribution >= 0.6 is 0 Å². The summed E-state index contributed by atoms with van der Waals surface area (Å²) in [4.78, 5) is 41.9. The lowest BCUT2D eigenvalue weighted by atomic mass is 9.77. The quantitative estimate of drug-likeness (QED) is 0.675. The van der Waals surface area contributed by atoms with Crippen LogP contribution in [0.25, 0.3) is 0 Å². The van der Waals surface area contributed by atoms with E-state index >= 15 is 0 Å². The summed E-state index contributed by atoms with van der Waals surface area (Å²) in [5.41, 5.74) is 2.58. The van der Waals surface area contributed by atoms with E-state index < -0.39 is 11.6 Å². The van der Waals surface area contributed by atoms with Crippen molar-refractivity contribution in [2.24, 2.45) is 5.92 Å². The van der Waals surface area contributed by atoms with E-state index in [0.29, 0.717) is 18.8 Å². The average Bonchev–Trinajstić information content (AvgIpc) is 3.22. The maximum Gasteiger partial charge on any atom is 0.344 e. The molecule has 3 fully saturated rings. The van der Waals surface area contributed by atoms with Crippen molar-refractivity contribution < 1.29 is 18.9 Å². The van der Waals surface area contributed by atoms with Gasteiger partial charge in [-0.05, 0) is 38.5 Å². The summed E-state index contributed by atoms with van der Waals surface area (Å²) < 4.78 is 5.10. The molecule has 1 aromatic heterocycles. The molecular weight excluding hydrogens is 388 g/mol. The lowest BCUT2D eigenvalue weighted by Gasteiger charge is -2.34. The highest BCUT2D eigenvalue weighted by atomic mass is 16.5. The standard InChI is InChI=1S/C20H30N6O4/c1-14-3-5-20(6-4-14)18(28)26(19(29)21-20)22-17(27)13-25-9-7-24(8-10-25)12-16-11-15(2)30-23-16/h11,14H,3-10,12-13H2,1-2H3,(H,21,29)(H,22,27). The van der Waals surface area contributed by atoms with Gasteiger partial charge in [0, 0.05) is 38.8 Å². The van der Waals surface area contributed by atoms with Gasteiger partial charge < -0.3 is 9.84 Å². The Morgan fingerprint density at radius 1 is 1.23 bits per heavy atom. The number of carbonyl (C=O) groups excluding carboxylic acids is 3. The molecule has 30 heavy (non-hydrogen) atoms. The van der Waals surface area contributed by atoms with Gasteiger partial charge >= 0.3 is 6.03 Å². The molecular formula is C20H30N6O4. The van der Waals surface area contributed by atoms with Crippen LogP contribution < -0.4 is 10.7 Å². The van der Waals surface area contributed by atoms with Crippen LogP contribution in [0.5, 0.6) is 0 Å². The number of imide groups is 1. The first-order valence-electron chi connectivity index (χ1n) is 10.7. The number of amides is 4. The monoisotopic (exact) mass is 418 g/mol. The number of rotatable bonds is 5. The van der Waals surface area contributed by atoms with E-state index in [9.17, 15) is 14.4 Å². The molecule has 4 rings (SSSR count). The molecule has 0 aromatic carbocycles. The van der Waals surface area contributed by atoms with Gasteiger partial charge in [0.1, 0.15) is 11.3 Å². The van der Waals surface area contributed by atoms with E-state index in [1.165, 1.54) is 0 Å². The zero-order valence-corrected chi connectivity index (χ0v) is 17.6. The van der Waals surface area contributed by atoms with Crippen molar-refractivity contribution in [1.29, 1.82) is 0 Å². The van der Waals surface area contributed by atoms with Crippen LogP contribution in [0.15, 0.2) is 10.6 Å². The molecule has 3 heterocycles. The maximum absolute atomic E-state index is 12.8. The predicted molar refractivity (Wildman–Crippen MR) is 107 cm³/mol. The topological polar surface area (TPSA) is 111 Å². The predicted octanol–water partition coefficient (Wildman–Crippen LogP) is 0.633. The van der Waals surface area contributed by atoms with Crippen molar-refractivity contribution >= 4 is 17.8 Å². The molecule has 2 N–H and O–H groups in total. The number of aromatic nitrogens is 1. The number of carbonyl (C=O) groups is 3. The molecule has 10 nitrogen and oxygen atoms in total. The number of nitrogens with zero attached hydrogens (tertiary/aromatic N) is 4. The van der Waals surface area contributed by atoms with Crippen LogP contribution in [0.1, 0.15) is 44.1 Å². The summed E-state index contributed by atoms with van der Waals surface area (Å²) in [6, 6.07) is 1.40. The van der Waals surface area contributed by atoms with Gasteiger partial charge in [0.15, 0.2) is 0 Å². The first kappa shape index (κ1) is 20.8. The van der Waals surface area contributed by atoms with Gasteiger partial charge in [0.2, 0.25) is 0 Å². The van der Waals surface area contributed by atoms with Crippen molar-refractivity contribution in [3.8, 4) is 0 Å². The molecule has 4 amide bonds. The summed E-state index contributed by atoms with van der Waals surface area (Å²) in [7, 11) is 0. The van der Waals surface area contributed by atoms with Crippen molar-refractivity contribution in [3.05, 3.63) is 17.5 Å². The van der Waals surface area contributed by atoms with Crippen LogP contribution in [-0.4, -0.2) is 76.1 Å².